The summed E-state index contributed by atoms with van der Waals surface area (Å²) in [5.41, 5.74) is 6.89. The third-order valence-electron chi connectivity index (χ3n) is 2.45. The lowest BCUT2D eigenvalue weighted by Crippen LogP contribution is -2.23. The lowest BCUT2D eigenvalue weighted by molar-refractivity contribution is 0.0992. The Bertz CT molecular complexity index is 608. The molecule has 98 valence electrons. The minimum atomic E-state index is -0.565. The molecule has 0 atom stereocenters. The summed E-state index contributed by atoms with van der Waals surface area (Å²) < 4.78 is 1.40. The molecule has 0 radical (unpaired) electrons. The lowest BCUT2D eigenvalue weighted by Gasteiger charge is -2.10. The van der Waals surface area contributed by atoms with Gasteiger partial charge >= 0.3 is 0 Å². The fraction of sp³-hybridized carbons (Fsp3) is 0.0833. The molecule has 0 aliphatic heterocycles. The summed E-state index contributed by atoms with van der Waals surface area (Å²) in [6, 6.07) is 9.46. The molecule has 6 nitrogen and oxygen atoms in total. The van der Waals surface area contributed by atoms with Crippen molar-refractivity contribution in [1.82, 2.24) is 9.78 Å². The van der Waals surface area contributed by atoms with Crippen molar-refractivity contribution in [3.63, 3.8) is 0 Å². The van der Waals surface area contributed by atoms with Gasteiger partial charge in [-0.05, 0) is 24.4 Å². The number of anilines is 2. The molecule has 4 N–H and O–H groups in total. The van der Waals surface area contributed by atoms with E-state index >= 15 is 0 Å². The SMILES string of the molecule is Cn1ncc(NC(=S)Nc2ccccc2)c1C(N)=O. The number of nitrogens with zero attached hydrogens (tertiary/aromatic N) is 2. The highest BCUT2D eigenvalue weighted by Gasteiger charge is 2.14. The molecule has 0 saturated heterocycles. The molecule has 0 spiro atoms. The highest BCUT2D eigenvalue weighted by Crippen LogP contribution is 2.14. The smallest absolute Gasteiger partial charge is 0.269 e. The van der Waals surface area contributed by atoms with Gasteiger partial charge in [0.1, 0.15) is 5.69 Å². The van der Waals surface area contributed by atoms with Crippen LogP contribution in [0.15, 0.2) is 36.5 Å². The predicted octanol–water partition coefficient (Wildman–Crippen LogP) is 1.33. The molecule has 0 bridgehead atoms. The maximum atomic E-state index is 11.3. The molecule has 0 saturated carbocycles. The number of nitrogens with one attached hydrogen (secondary N) is 2. The average Bonchev–Trinajstić information content (AvgIpc) is 2.71. The van der Waals surface area contributed by atoms with Gasteiger partial charge in [-0.15, -0.1) is 0 Å². The van der Waals surface area contributed by atoms with E-state index in [0.717, 1.165) is 5.69 Å². The molecule has 2 rings (SSSR count). The van der Waals surface area contributed by atoms with E-state index < -0.39 is 5.91 Å². The number of hydrogen-bond acceptors (Lipinski definition) is 3. The largest absolute Gasteiger partial charge is 0.364 e. The number of aryl methyl sites for hydroxylation is 1. The Kier molecular flexibility index (Phi) is 3.76. The van der Waals surface area contributed by atoms with Crippen molar-refractivity contribution in [2.75, 3.05) is 10.6 Å². The zero-order valence-corrected chi connectivity index (χ0v) is 11.1. The van der Waals surface area contributed by atoms with Crippen molar-refractivity contribution >= 4 is 34.6 Å². The highest BCUT2D eigenvalue weighted by atomic mass is 32.1. The van der Waals surface area contributed by atoms with Crippen LogP contribution in [-0.4, -0.2) is 20.8 Å². The number of benzene rings is 1. The summed E-state index contributed by atoms with van der Waals surface area (Å²) in [6.07, 6.45) is 1.50. The Morgan fingerprint density at radius 2 is 2.00 bits per heavy atom. The minimum Gasteiger partial charge on any atom is -0.364 e. The quantitative estimate of drug-likeness (QED) is 0.736. The number of para-hydroxylation sites is 1. The topological polar surface area (TPSA) is 85.0 Å². The summed E-state index contributed by atoms with van der Waals surface area (Å²) in [6.45, 7) is 0. The summed E-state index contributed by atoms with van der Waals surface area (Å²) in [5, 5.41) is 10.2. The summed E-state index contributed by atoms with van der Waals surface area (Å²) in [4.78, 5) is 11.3. The zero-order chi connectivity index (χ0) is 13.8. The number of thiocarbonyl (C=S) groups is 1. The van der Waals surface area contributed by atoms with E-state index in [4.69, 9.17) is 18.0 Å². The van der Waals surface area contributed by atoms with E-state index in [1.165, 1.54) is 10.9 Å². The highest BCUT2D eigenvalue weighted by molar-refractivity contribution is 7.80. The van der Waals surface area contributed by atoms with Crippen molar-refractivity contribution < 1.29 is 4.79 Å². The van der Waals surface area contributed by atoms with Crippen LogP contribution < -0.4 is 16.4 Å². The fourth-order valence-corrected chi connectivity index (χ4v) is 1.86. The van der Waals surface area contributed by atoms with Crippen LogP contribution in [0.5, 0.6) is 0 Å². The van der Waals surface area contributed by atoms with Crippen LogP contribution in [0, 0.1) is 0 Å². The van der Waals surface area contributed by atoms with Crippen LogP contribution in [0.2, 0.25) is 0 Å². The number of primary amides is 1. The van der Waals surface area contributed by atoms with Gasteiger partial charge in [0, 0.05) is 12.7 Å². The van der Waals surface area contributed by atoms with Crippen LogP contribution in [0.1, 0.15) is 10.5 Å². The maximum absolute atomic E-state index is 11.3. The molecule has 0 aliphatic carbocycles. The maximum Gasteiger partial charge on any atom is 0.269 e. The van der Waals surface area contributed by atoms with Gasteiger partial charge in [0.2, 0.25) is 0 Å². The molecule has 2 aromatic rings. The van der Waals surface area contributed by atoms with E-state index in [0.29, 0.717) is 10.8 Å². The molecule has 19 heavy (non-hydrogen) atoms. The number of carbonyl (C=O) groups excluding carboxylic acids is 1. The summed E-state index contributed by atoms with van der Waals surface area (Å²) >= 11 is 5.16. The van der Waals surface area contributed by atoms with E-state index in [2.05, 4.69) is 15.7 Å². The van der Waals surface area contributed by atoms with Crippen LogP contribution >= 0.6 is 12.2 Å². The van der Waals surface area contributed by atoms with Gasteiger partial charge in [-0.3, -0.25) is 9.48 Å². The number of nitrogens with two attached hydrogens (primary N) is 1. The summed E-state index contributed by atoms with van der Waals surface area (Å²) in [7, 11) is 1.64. The first-order chi connectivity index (χ1) is 9.08. The molecule has 0 fully saturated rings. The first kappa shape index (κ1) is 13.0. The van der Waals surface area contributed by atoms with Gasteiger partial charge < -0.3 is 16.4 Å². The van der Waals surface area contributed by atoms with Gasteiger partial charge in [0.15, 0.2) is 5.11 Å². The standard InChI is InChI=1S/C12H13N5OS/c1-17-10(11(13)18)9(7-14-17)16-12(19)15-8-5-3-2-4-6-8/h2-7H,1H3,(H2,13,18)(H2,15,16,19). The molecule has 0 unspecified atom stereocenters. The second kappa shape index (κ2) is 5.49. The monoisotopic (exact) mass is 275 g/mol. The third-order valence-corrected chi connectivity index (χ3v) is 2.66. The molecule has 1 amide bonds. The van der Waals surface area contributed by atoms with Gasteiger partial charge in [-0.1, -0.05) is 18.2 Å². The first-order valence-electron chi connectivity index (χ1n) is 5.53. The molecular weight excluding hydrogens is 262 g/mol. The van der Waals surface area contributed by atoms with Gasteiger partial charge in [-0.2, -0.15) is 5.10 Å². The third kappa shape index (κ3) is 3.08. The van der Waals surface area contributed by atoms with E-state index in [1.807, 2.05) is 30.3 Å². The Hall–Kier alpha value is -2.41. The molecule has 0 aliphatic rings. The number of rotatable bonds is 3. The Morgan fingerprint density at radius 1 is 1.32 bits per heavy atom. The van der Waals surface area contributed by atoms with E-state index in [-0.39, 0.29) is 5.69 Å². The van der Waals surface area contributed by atoms with Crippen LogP contribution in [0.3, 0.4) is 0 Å². The van der Waals surface area contributed by atoms with E-state index in [1.54, 1.807) is 7.05 Å². The Labute approximate surface area is 115 Å². The first-order valence-corrected chi connectivity index (χ1v) is 5.93. The minimum absolute atomic E-state index is 0.275. The average molecular weight is 275 g/mol. The number of aromatic nitrogens is 2. The molecule has 7 heteroatoms. The van der Waals surface area contributed by atoms with Gasteiger partial charge in [-0.25, -0.2) is 0 Å². The van der Waals surface area contributed by atoms with Crippen molar-refractivity contribution in [2.45, 2.75) is 0 Å². The van der Waals surface area contributed by atoms with Gasteiger partial charge in [0.05, 0.1) is 11.9 Å². The Balaban J connectivity index is 2.10. The zero-order valence-electron chi connectivity index (χ0n) is 10.3. The molecule has 1 aromatic carbocycles. The van der Waals surface area contributed by atoms with Crippen molar-refractivity contribution in [3.8, 4) is 0 Å². The molecule has 1 aromatic heterocycles. The van der Waals surface area contributed by atoms with Crippen molar-refractivity contribution in [2.24, 2.45) is 12.8 Å². The summed E-state index contributed by atoms with van der Waals surface area (Å²) in [5.74, 6) is -0.565. The molecular formula is C12H13N5OS. The molecule has 1 heterocycles. The predicted molar refractivity (Wildman–Crippen MR) is 78.0 cm³/mol. The van der Waals surface area contributed by atoms with Crippen LogP contribution in [-0.2, 0) is 7.05 Å². The van der Waals surface area contributed by atoms with Crippen LogP contribution in [0.25, 0.3) is 0 Å². The normalized spacial score (nSPS) is 9.95. The van der Waals surface area contributed by atoms with Crippen molar-refractivity contribution in [3.05, 3.63) is 42.2 Å². The Morgan fingerprint density at radius 3 is 2.63 bits per heavy atom. The number of carbonyl (C=O) groups is 1. The second-order valence-corrected chi connectivity index (χ2v) is 4.25. The van der Waals surface area contributed by atoms with Crippen LogP contribution in [0.4, 0.5) is 11.4 Å². The fourth-order valence-electron chi connectivity index (χ4n) is 1.63. The lowest BCUT2D eigenvalue weighted by atomic mass is 10.3. The van der Waals surface area contributed by atoms with Gasteiger partial charge in [0.25, 0.3) is 5.91 Å². The second-order valence-electron chi connectivity index (χ2n) is 3.84. The van der Waals surface area contributed by atoms with E-state index in [9.17, 15) is 4.79 Å². The number of hydrogen-bond donors (Lipinski definition) is 3. The van der Waals surface area contributed by atoms with Crippen molar-refractivity contribution in [1.29, 1.82) is 0 Å². The number of amides is 1.